The first-order valence-electron chi connectivity index (χ1n) is 35.2. The maximum atomic E-state index is 13.0. The topological polar surface area (TPSA) is 237 Å². The molecular weight excluding hydrogens is 1160 g/mol. The van der Waals surface area contributed by atoms with E-state index in [9.17, 15) is 43.2 Å². The molecule has 0 aromatic heterocycles. The molecule has 88 heavy (non-hydrogen) atoms. The van der Waals surface area contributed by atoms with Gasteiger partial charge in [-0.2, -0.15) is 0 Å². The summed E-state index contributed by atoms with van der Waals surface area (Å²) in [7, 11) is -9.91. The number of carbonyl (C=O) groups excluding carboxylic acids is 4. The molecule has 17 nitrogen and oxygen atoms in total. The zero-order chi connectivity index (χ0) is 65.2. The van der Waals surface area contributed by atoms with Crippen LogP contribution in [0.3, 0.4) is 0 Å². The summed E-state index contributed by atoms with van der Waals surface area (Å²) in [5.41, 5.74) is 0. The first-order valence-corrected chi connectivity index (χ1v) is 38.2. The van der Waals surface area contributed by atoms with Crippen LogP contribution in [0.5, 0.6) is 0 Å². The summed E-state index contributed by atoms with van der Waals surface area (Å²) in [6.07, 6.45) is 45.3. The van der Waals surface area contributed by atoms with Crippen molar-refractivity contribution in [1.82, 2.24) is 0 Å². The highest BCUT2D eigenvalue weighted by atomic mass is 31.2. The zero-order valence-electron chi connectivity index (χ0n) is 56.7. The Labute approximate surface area is 535 Å². The lowest BCUT2D eigenvalue weighted by Gasteiger charge is -2.21. The Kier molecular flexibility index (Phi) is 57.9. The van der Waals surface area contributed by atoms with Crippen LogP contribution in [0.1, 0.15) is 318 Å². The summed E-state index contributed by atoms with van der Waals surface area (Å²) in [4.78, 5) is 72.4. The van der Waals surface area contributed by atoms with Gasteiger partial charge in [0.25, 0.3) is 0 Å². The number of carbonyl (C=O) groups is 4. The van der Waals surface area contributed by atoms with Crippen molar-refractivity contribution >= 4 is 39.5 Å². The molecule has 0 fully saturated rings. The highest BCUT2D eigenvalue weighted by Crippen LogP contribution is 2.45. The van der Waals surface area contributed by atoms with E-state index in [0.29, 0.717) is 25.7 Å². The minimum absolute atomic E-state index is 0.0835. The molecule has 0 spiro atoms. The van der Waals surface area contributed by atoms with Gasteiger partial charge < -0.3 is 33.8 Å². The van der Waals surface area contributed by atoms with Crippen molar-refractivity contribution in [3.8, 4) is 0 Å². The predicted octanol–water partition coefficient (Wildman–Crippen LogP) is 19.0. The fourth-order valence-electron chi connectivity index (χ4n) is 9.76. The maximum absolute atomic E-state index is 13.0. The molecule has 0 aromatic carbocycles. The van der Waals surface area contributed by atoms with Gasteiger partial charge in [0.2, 0.25) is 0 Å². The number of phosphoric ester groups is 2. The van der Waals surface area contributed by atoms with Crippen LogP contribution in [0, 0.1) is 17.8 Å². The van der Waals surface area contributed by atoms with Crippen LogP contribution in [-0.2, 0) is 65.4 Å². The Bertz CT molecular complexity index is 1830. The van der Waals surface area contributed by atoms with E-state index < -0.39 is 97.5 Å². The number of hydrogen-bond donors (Lipinski definition) is 3. The second-order valence-corrected chi connectivity index (χ2v) is 28.1. The summed E-state index contributed by atoms with van der Waals surface area (Å²) in [5, 5.41) is 10.6. The first kappa shape index (κ1) is 85.5. The monoisotopic (exact) mass is 1290 g/mol. The van der Waals surface area contributed by atoms with Crippen LogP contribution in [0.15, 0.2) is 24.3 Å². The average Bonchev–Trinajstić information content (AvgIpc) is 3.62. The molecule has 0 rings (SSSR count). The van der Waals surface area contributed by atoms with E-state index in [1.165, 1.54) is 109 Å². The molecule has 0 heterocycles. The van der Waals surface area contributed by atoms with Crippen LogP contribution in [0.2, 0.25) is 0 Å². The molecule has 0 radical (unpaired) electrons. The van der Waals surface area contributed by atoms with E-state index in [4.69, 9.17) is 37.0 Å². The second-order valence-electron chi connectivity index (χ2n) is 25.2. The minimum atomic E-state index is -4.96. The van der Waals surface area contributed by atoms with Gasteiger partial charge in [-0.25, -0.2) is 9.13 Å². The largest absolute Gasteiger partial charge is 0.472 e. The summed E-state index contributed by atoms with van der Waals surface area (Å²) < 4.78 is 68.2. The van der Waals surface area contributed by atoms with Crippen LogP contribution in [0.4, 0.5) is 0 Å². The van der Waals surface area contributed by atoms with Crippen molar-refractivity contribution in [1.29, 1.82) is 0 Å². The van der Waals surface area contributed by atoms with E-state index in [2.05, 4.69) is 72.8 Å². The molecule has 4 unspecified atom stereocenters. The lowest BCUT2D eigenvalue weighted by molar-refractivity contribution is -0.161. The maximum Gasteiger partial charge on any atom is 0.472 e. The quantitative estimate of drug-likeness (QED) is 0.0169. The molecule has 3 N–H and O–H groups in total. The number of esters is 4. The zero-order valence-corrected chi connectivity index (χ0v) is 58.5. The van der Waals surface area contributed by atoms with Crippen molar-refractivity contribution in [2.75, 3.05) is 39.6 Å². The number of aliphatic hydroxyl groups is 1. The fraction of sp³-hybridized carbons (Fsp3) is 0.884. The number of aliphatic hydroxyl groups excluding tert-OH is 1. The molecule has 0 aliphatic heterocycles. The molecule has 0 amide bonds. The number of rotatable bonds is 65. The number of unbranched alkanes of at least 4 members (excludes halogenated alkanes) is 28. The van der Waals surface area contributed by atoms with Gasteiger partial charge in [0.1, 0.15) is 19.3 Å². The number of allylic oxidation sites excluding steroid dienone is 4. The summed E-state index contributed by atoms with van der Waals surface area (Å²) >= 11 is 0. The van der Waals surface area contributed by atoms with Gasteiger partial charge in [-0.1, -0.05) is 265 Å². The van der Waals surface area contributed by atoms with Gasteiger partial charge in [-0.15, -0.1) is 0 Å². The molecule has 0 saturated heterocycles. The number of ether oxygens (including phenoxy) is 4. The molecule has 0 saturated carbocycles. The predicted molar refractivity (Wildman–Crippen MR) is 354 cm³/mol. The SMILES string of the molecule is CCCCCC/C=C\C=C/CCCCCCCC(=O)O[C@H](COC(=O)CCCCCCCCC(C)CC)COP(=O)(O)OC[C@H](O)COP(=O)(O)OC[C@@H](COC(=O)CCCCCCCCCCCCC(C)C)OC(=O)CCCCCCCCC(C)CC. The van der Waals surface area contributed by atoms with E-state index >= 15 is 0 Å². The smallest absolute Gasteiger partial charge is 0.462 e. The highest BCUT2D eigenvalue weighted by Gasteiger charge is 2.30. The van der Waals surface area contributed by atoms with Crippen LogP contribution >= 0.6 is 15.6 Å². The van der Waals surface area contributed by atoms with E-state index in [1.54, 1.807) is 0 Å². The number of phosphoric acid groups is 2. The molecule has 7 atom stereocenters. The molecule has 19 heteroatoms. The summed E-state index contributed by atoms with van der Waals surface area (Å²) in [6, 6.07) is 0. The molecule has 0 aliphatic carbocycles. The Morgan fingerprint density at radius 3 is 1.01 bits per heavy atom. The standard InChI is InChI=1S/C69H130O17P2/c1-8-11-12-13-14-15-16-17-18-19-20-25-28-38-45-52-68(73)85-64(57-80-67(72)51-44-37-31-29-34-41-48-61(6)9-2)58-83-87(75,76)81-54-63(70)55-82-88(77,78)84-59-65(86-69(74)53-46-39-32-30-35-42-49-62(7)10-3)56-79-66(71)50-43-36-27-24-22-21-23-26-33-40-47-60(4)5/h15-18,60-65,70H,8-14,19-59H2,1-7H3,(H,75,76)(H,77,78)/b16-15-,18-17-/t61?,62?,63-,64+,65+/m0/s1. The number of hydrogen-bond acceptors (Lipinski definition) is 15. The van der Waals surface area contributed by atoms with E-state index in [0.717, 1.165) is 127 Å². The van der Waals surface area contributed by atoms with Crippen molar-refractivity contribution < 1.29 is 80.2 Å². The van der Waals surface area contributed by atoms with Gasteiger partial charge in [0.05, 0.1) is 26.4 Å². The minimum Gasteiger partial charge on any atom is -0.462 e. The Balaban J connectivity index is 5.28. The molecular formula is C69H130O17P2. The van der Waals surface area contributed by atoms with Crippen LogP contribution in [-0.4, -0.2) is 96.7 Å². The van der Waals surface area contributed by atoms with Crippen LogP contribution < -0.4 is 0 Å². The highest BCUT2D eigenvalue weighted by molar-refractivity contribution is 7.47. The van der Waals surface area contributed by atoms with Crippen molar-refractivity contribution in [2.45, 2.75) is 336 Å². The van der Waals surface area contributed by atoms with Crippen LogP contribution in [0.25, 0.3) is 0 Å². The van der Waals surface area contributed by atoms with Gasteiger partial charge in [0, 0.05) is 25.7 Å². The average molecular weight is 1290 g/mol. The summed E-state index contributed by atoms with van der Waals surface area (Å²) in [6.45, 7) is 11.7. The molecule has 0 aromatic rings. The van der Waals surface area contributed by atoms with Gasteiger partial charge in [-0.3, -0.25) is 37.3 Å². The third-order valence-electron chi connectivity index (χ3n) is 16.0. The second kappa shape index (κ2) is 59.5. The fourth-order valence-corrected chi connectivity index (χ4v) is 11.3. The lowest BCUT2D eigenvalue weighted by atomic mass is 10.00. The van der Waals surface area contributed by atoms with Crippen molar-refractivity contribution in [2.24, 2.45) is 17.8 Å². The van der Waals surface area contributed by atoms with E-state index in [1.807, 2.05) is 0 Å². The molecule has 0 aliphatic rings. The Morgan fingerprint density at radius 1 is 0.375 bits per heavy atom. The summed E-state index contributed by atoms with van der Waals surface area (Å²) in [5.74, 6) is 0.0400. The first-order chi connectivity index (χ1) is 42.3. The molecule has 518 valence electrons. The third-order valence-corrected chi connectivity index (χ3v) is 17.9. The third kappa shape index (κ3) is 59.8. The van der Waals surface area contributed by atoms with Gasteiger partial charge >= 0.3 is 39.5 Å². The van der Waals surface area contributed by atoms with Gasteiger partial charge in [-0.05, 0) is 69.1 Å². The Hall–Kier alpha value is -2.46. The van der Waals surface area contributed by atoms with Gasteiger partial charge in [0.15, 0.2) is 12.2 Å². The molecule has 0 bridgehead atoms. The lowest BCUT2D eigenvalue weighted by Crippen LogP contribution is -2.30. The Morgan fingerprint density at radius 2 is 0.670 bits per heavy atom. The normalized spacial score (nSPS) is 15.0. The van der Waals surface area contributed by atoms with Crippen molar-refractivity contribution in [3.05, 3.63) is 24.3 Å². The van der Waals surface area contributed by atoms with Crippen molar-refractivity contribution in [3.63, 3.8) is 0 Å². The van der Waals surface area contributed by atoms with E-state index in [-0.39, 0.29) is 25.7 Å².